The molecule has 0 unspecified atom stereocenters. The summed E-state index contributed by atoms with van der Waals surface area (Å²) in [6.07, 6.45) is 2.54. The van der Waals surface area contributed by atoms with Crippen LogP contribution in [-0.2, 0) is 6.54 Å². The summed E-state index contributed by atoms with van der Waals surface area (Å²) in [7, 11) is 6.31. The molecule has 0 amide bonds. The highest BCUT2D eigenvalue weighted by Gasteiger charge is 2.21. The Labute approximate surface area is 127 Å². The second kappa shape index (κ2) is 7.30. The minimum atomic E-state index is 0.827. The number of benzene rings is 1. The molecule has 112 valence electrons. The summed E-state index contributed by atoms with van der Waals surface area (Å²) in [5.74, 6) is 0.827. The first-order valence-electron chi connectivity index (χ1n) is 7.43. The van der Waals surface area contributed by atoms with Gasteiger partial charge < -0.3 is 15.1 Å². The quantitative estimate of drug-likeness (QED) is 0.901. The summed E-state index contributed by atoms with van der Waals surface area (Å²) in [6, 6.07) is 6.23. The average molecular weight is 296 g/mol. The SMILES string of the molecule is CNCc1ccc(Cl)cc1N1CCC(CN(C)C)CC1. The lowest BCUT2D eigenvalue weighted by molar-refractivity contribution is 0.285. The highest BCUT2D eigenvalue weighted by molar-refractivity contribution is 6.30. The topological polar surface area (TPSA) is 18.5 Å². The van der Waals surface area contributed by atoms with Crippen LogP contribution >= 0.6 is 11.6 Å². The molecule has 1 fully saturated rings. The summed E-state index contributed by atoms with van der Waals surface area (Å²) < 4.78 is 0. The molecule has 1 aromatic rings. The van der Waals surface area contributed by atoms with E-state index in [0.717, 1.165) is 30.6 Å². The number of hydrogen-bond acceptors (Lipinski definition) is 3. The van der Waals surface area contributed by atoms with E-state index in [1.807, 2.05) is 13.1 Å². The van der Waals surface area contributed by atoms with Crippen molar-refractivity contribution in [1.82, 2.24) is 10.2 Å². The number of rotatable bonds is 5. The second-order valence-corrected chi connectivity index (χ2v) is 6.43. The van der Waals surface area contributed by atoms with Crippen molar-refractivity contribution in [3.63, 3.8) is 0 Å². The van der Waals surface area contributed by atoms with Crippen molar-refractivity contribution < 1.29 is 0 Å². The monoisotopic (exact) mass is 295 g/mol. The fourth-order valence-electron chi connectivity index (χ4n) is 3.04. The standard InChI is InChI=1S/C16H26ClN3/c1-18-11-14-4-5-15(17)10-16(14)20-8-6-13(7-9-20)12-19(2)3/h4-5,10,13,18H,6-9,11-12H2,1-3H3. The van der Waals surface area contributed by atoms with Gasteiger partial charge in [0, 0.05) is 36.9 Å². The van der Waals surface area contributed by atoms with Gasteiger partial charge in [0.05, 0.1) is 0 Å². The smallest absolute Gasteiger partial charge is 0.0426 e. The van der Waals surface area contributed by atoms with Crippen molar-refractivity contribution in [3.8, 4) is 0 Å². The van der Waals surface area contributed by atoms with E-state index in [1.54, 1.807) is 0 Å². The van der Waals surface area contributed by atoms with E-state index in [4.69, 9.17) is 11.6 Å². The molecule has 4 heteroatoms. The number of nitrogens with one attached hydrogen (secondary N) is 1. The van der Waals surface area contributed by atoms with Crippen LogP contribution in [0.5, 0.6) is 0 Å². The van der Waals surface area contributed by atoms with E-state index < -0.39 is 0 Å². The predicted octanol–water partition coefficient (Wildman–Crippen LogP) is 2.84. The van der Waals surface area contributed by atoms with E-state index >= 15 is 0 Å². The maximum Gasteiger partial charge on any atom is 0.0426 e. The predicted molar refractivity (Wildman–Crippen MR) is 87.7 cm³/mol. The van der Waals surface area contributed by atoms with Crippen molar-refractivity contribution in [2.24, 2.45) is 5.92 Å². The third-order valence-corrected chi connectivity index (χ3v) is 4.23. The second-order valence-electron chi connectivity index (χ2n) is 6.00. The minimum Gasteiger partial charge on any atom is -0.371 e. The van der Waals surface area contributed by atoms with Crippen molar-refractivity contribution >= 4 is 17.3 Å². The van der Waals surface area contributed by atoms with Crippen LogP contribution in [-0.4, -0.2) is 45.7 Å². The van der Waals surface area contributed by atoms with Gasteiger partial charge in [0.2, 0.25) is 0 Å². The third-order valence-electron chi connectivity index (χ3n) is 3.99. The maximum atomic E-state index is 6.18. The van der Waals surface area contributed by atoms with E-state index in [0.29, 0.717) is 0 Å². The van der Waals surface area contributed by atoms with Crippen LogP contribution < -0.4 is 10.2 Å². The Bertz CT molecular complexity index is 426. The number of nitrogens with zero attached hydrogens (tertiary/aromatic N) is 2. The molecule has 1 saturated heterocycles. The first-order chi connectivity index (χ1) is 9.60. The van der Waals surface area contributed by atoms with Crippen LogP contribution in [0.3, 0.4) is 0 Å². The fraction of sp³-hybridized carbons (Fsp3) is 0.625. The molecule has 0 atom stereocenters. The zero-order chi connectivity index (χ0) is 14.5. The van der Waals surface area contributed by atoms with E-state index in [9.17, 15) is 0 Å². The van der Waals surface area contributed by atoms with Crippen molar-refractivity contribution in [2.75, 3.05) is 45.7 Å². The van der Waals surface area contributed by atoms with Crippen molar-refractivity contribution in [2.45, 2.75) is 19.4 Å². The van der Waals surface area contributed by atoms with Gasteiger partial charge in [0.15, 0.2) is 0 Å². The number of piperidine rings is 1. The van der Waals surface area contributed by atoms with Gasteiger partial charge in [-0.3, -0.25) is 0 Å². The molecule has 0 aromatic heterocycles. The average Bonchev–Trinajstić information content (AvgIpc) is 2.41. The molecular weight excluding hydrogens is 270 g/mol. The van der Waals surface area contributed by atoms with Crippen molar-refractivity contribution in [3.05, 3.63) is 28.8 Å². The number of anilines is 1. The van der Waals surface area contributed by atoms with Gasteiger partial charge in [0.1, 0.15) is 0 Å². The Morgan fingerprint density at radius 2 is 2.00 bits per heavy atom. The zero-order valence-electron chi connectivity index (χ0n) is 12.8. The van der Waals surface area contributed by atoms with Crippen LogP contribution in [0, 0.1) is 5.92 Å². The van der Waals surface area contributed by atoms with E-state index in [-0.39, 0.29) is 0 Å². The largest absolute Gasteiger partial charge is 0.371 e. The van der Waals surface area contributed by atoms with Gasteiger partial charge in [-0.1, -0.05) is 17.7 Å². The summed E-state index contributed by atoms with van der Waals surface area (Å²) in [6.45, 7) is 4.36. The van der Waals surface area contributed by atoms with Crippen LogP contribution in [0.1, 0.15) is 18.4 Å². The van der Waals surface area contributed by atoms with Crippen LogP contribution in [0.2, 0.25) is 5.02 Å². The zero-order valence-corrected chi connectivity index (χ0v) is 13.6. The lowest BCUT2D eigenvalue weighted by Gasteiger charge is -2.35. The normalized spacial score (nSPS) is 16.9. The molecule has 1 aliphatic rings. The lowest BCUT2D eigenvalue weighted by atomic mass is 9.95. The molecule has 0 bridgehead atoms. The van der Waals surface area contributed by atoms with Gasteiger partial charge in [-0.25, -0.2) is 0 Å². The Morgan fingerprint density at radius 3 is 2.60 bits per heavy atom. The third kappa shape index (κ3) is 4.11. The molecule has 3 nitrogen and oxygen atoms in total. The first kappa shape index (κ1) is 15.6. The highest BCUT2D eigenvalue weighted by Crippen LogP contribution is 2.29. The van der Waals surface area contributed by atoms with Crippen LogP contribution in [0.4, 0.5) is 5.69 Å². The van der Waals surface area contributed by atoms with E-state index in [2.05, 4.69) is 41.3 Å². The Kier molecular flexibility index (Phi) is 5.70. The van der Waals surface area contributed by atoms with Gasteiger partial charge in [-0.2, -0.15) is 0 Å². The Balaban J connectivity index is 2.04. The van der Waals surface area contributed by atoms with Crippen LogP contribution in [0.25, 0.3) is 0 Å². The van der Waals surface area contributed by atoms with Crippen LogP contribution in [0.15, 0.2) is 18.2 Å². The van der Waals surface area contributed by atoms with Gasteiger partial charge >= 0.3 is 0 Å². The lowest BCUT2D eigenvalue weighted by Crippen LogP contribution is -2.37. The summed E-state index contributed by atoms with van der Waals surface area (Å²) >= 11 is 6.18. The molecule has 0 radical (unpaired) electrons. The highest BCUT2D eigenvalue weighted by atomic mass is 35.5. The molecule has 0 aliphatic carbocycles. The Morgan fingerprint density at radius 1 is 1.30 bits per heavy atom. The Hall–Kier alpha value is -0.770. The van der Waals surface area contributed by atoms with E-state index in [1.165, 1.54) is 30.6 Å². The minimum absolute atomic E-state index is 0.827. The molecule has 0 spiro atoms. The fourth-order valence-corrected chi connectivity index (χ4v) is 3.21. The molecule has 1 heterocycles. The van der Waals surface area contributed by atoms with Gasteiger partial charge in [0.25, 0.3) is 0 Å². The van der Waals surface area contributed by atoms with Crippen molar-refractivity contribution in [1.29, 1.82) is 0 Å². The number of halogens is 1. The molecular formula is C16H26ClN3. The first-order valence-corrected chi connectivity index (χ1v) is 7.80. The maximum absolute atomic E-state index is 6.18. The van der Waals surface area contributed by atoms with Gasteiger partial charge in [-0.05, 0) is 57.6 Å². The molecule has 1 aromatic carbocycles. The summed E-state index contributed by atoms with van der Waals surface area (Å²) in [5, 5.41) is 4.07. The molecule has 1 N–H and O–H groups in total. The molecule has 0 saturated carbocycles. The van der Waals surface area contributed by atoms with Gasteiger partial charge in [-0.15, -0.1) is 0 Å². The summed E-state index contributed by atoms with van der Waals surface area (Å²) in [4.78, 5) is 4.79. The molecule has 1 aliphatic heterocycles. The molecule has 2 rings (SSSR count). The summed E-state index contributed by atoms with van der Waals surface area (Å²) in [5.41, 5.74) is 2.64. The number of hydrogen-bond donors (Lipinski definition) is 1. The molecule has 20 heavy (non-hydrogen) atoms.